The van der Waals surface area contributed by atoms with Gasteiger partial charge in [-0.05, 0) is 55.5 Å². The van der Waals surface area contributed by atoms with Crippen LogP contribution in [-0.4, -0.2) is 47.5 Å². The molecule has 0 unspecified atom stereocenters. The van der Waals surface area contributed by atoms with Gasteiger partial charge in [0.25, 0.3) is 0 Å². The van der Waals surface area contributed by atoms with Gasteiger partial charge in [-0.15, -0.1) is 0 Å². The Hall–Kier alpha value is -2.65. The number of hydrogen-bond donors (Lipinski definition) is 1. The number of nitrogens with zero attached hydrogens (tertiary/aromatic N) is 3. The van der Waals surface area contributed by atoms with Crippen LogP contribution in [-0.2, 0) is 16.6 Å². The highest BCUT2D eigenvalue weighted by atomic mass is 32.2. The fraction of sp³-hybridized carbons (Fsp3) is 0.400. The molecular weight excluding hydrogens is 392 g/mol. The van der Waals surface area contributed by atoms with E-state index in [2.05, 4.69) is 9.97 Å². The molecule has 0 atom stereocenters. The molecule has 1 aliphatic heterocycles. The molecule has 0 bridgehead atoms. The van der Waals surface area contributed by atoms with Crippen molar-refractivity contribution in [1.29, 1.82) is 0 Å². The molecule has 2 aromatic heterocycles. The summed E-state index contributed by atoms with van der Waals surface area (Å²) in [5.74, 6) is 0.564. The van der Waals surface area contributed by atoms with Gasteiger partial charge in [0.05, 0.1) is 12.6 Å². The largest absolute Gasteiger partial charge is 0.495 e. The maximum Gasteiger partial charge on any atom is 0.327 e. The van der Waals surface area contributed by atoms with E-state index in [0.29, 0.717) is 49.4 Å². The number of rotatable bonds is 5. The molecule has 1 aromatic carbocycles. The van der Waals surface area contributed by atoms with Gasteiger partial charge in [0, 0.05) is 25.8 Å². The Morgan fingerprint density at radius 2 is 2.00 bits per heavy atom. The Morgan fingerprint density at radius 1 is 1.24 bits per heavy atom. The Bertz CT molecular complexity index is 1190. The molecule has 4 rings (SSSR count). The number of sulfonamides is 1. The number of aromatic amines is 1. The van der Waals surface area contributed by atoms with Crippen molar-refractivity contribution in [3.8, 4) is 5.75 Å². The average Bonchev–Trinajstić information content (AvgIpc) is 3.03. The number of benzene rings is 1. The van der Waals surface area contributed by atoms with Crippen molar-refractivity contribution >= 4 is 21.2 Å². The molecule has 1 N–H and O–H groups in total. The van der Waals surface area contributed by atoms with E-state index in [4.69, 9.17) is 4.74 Å². The van der Waals surface area contributed by atoms with Crippen molar-refractivity contribution in [2.75, 3.05) is 20.2 Å². The highest BCUT2D eigenvalue weighted by Gasteiger charge is 2.32. The molecule has 29 heavy (non-hydrogen) atoms. The van der Waals surface area contributed by atoms with E-state index in [1.807, 2.05) is 19.1 Å². The third-order valence-electron chi connectivity index (χ3n) is 5.48. The summed E-state index contributed by atoms with van der Waals surface area (Å²) in [6, 6.07) is 8.77. The molecule has 0 aliphatic carbocycles. The number of pyridine rings is 1. The molecule has 0 saturated carbocycles. The van der Waals surface area contributed by atoms with Gasteiger partial charge in [-0.3, -0.25) is 4.57 Å². The van der Waals surface area contributed by atoms with E-state index in [1.165, 1.54) is 11.4 Å². The van der Waals surface area contributed by atoms with Gasteiger partial charge in [0.15, 0.2) is 5.65 Å². The number of piperidine rings is 1. The van der Waals surface area contributed by atoms with Crippen LogP contribution in [0.3, 0.4) is 0 Å². The number of methoxy groups -OCH3 is 1. The van der Waals surface area contributed by atoms with Crippen LogP contribution in [0.5, 0.6) is 5.75 Å². The topological polar surface area (TPSA) is 97.3 Å². The monoisotopic (exact) mass is 416 g/mol. The molecule has 1 saturated heterocycles. The fourth-order valence-corrected chi connectivity index (χ4v) is 5.58. The number of nitrogens with one attached hydrogen (secondary N) is 1. The molecule has 1 fully saturated rings. The van der Waals surface area contributed by atoms with Crippen molar-refractivity contribution in [2.24, 2.45) is 5.92 Å². The van der Waals surface area contributed by atoms with Gasteiger partial charge in [-0.1, -0.05) is 6.07 Å². The zero-order valence-corrected chi connectivity index (χ0v) is 17.3. The third-order valence-corrected chi connectivity index (χ3v) is 7.40. The van der Waals surface area contributed by atoms with Gasteiger partial charge >= 0.3 is 5.69 Å². The van der Waals surface area contributed by atoms with Crippen molar-refractivity contribution < 1.29 is 13.2 Å². The summed E-state index contributed by atoms with van der Waals surface area (Å²) in [4.78, 5) is 19.6. The Balaban J connectivity index is 1.50. The minimum atomic E-state index is -3.63. The fourth-order valence-electron chi connectivity index (χ4n) is 3.87. The molecule has 0 amide bonds. The lowest BCUT2D eigenvalue weighted by Crippen LogP contribution is -2.40. The van der Waals surface area contributed by atoms with Crippen molar-refractivity contribution in [3.05, 3.63) is 52.6 Å². The minimum Gasteiger partial charge on any atom is -0.495 e. The van der Waals surface area contributed by atoms with E-state index in [9.17, 15) is 13.2 Å². The summed E-state index contributed by atoms with van der Waals surface area (Å²) in [6.07, 6.45) is 3.02. The minimum absolute atomic E-state index is 0.182. The van der Waals surface area contributed by atoms with Crippen LogP contribution in [0.4, 0.5) is 0 Å². The molecule has 154 valence electrons. The predicted molar refractivity (Wildman–Crippen MR) is 110 cm³/mol. The van der Waals surface area contributed by atoms with Crippen LogP contribution in [0, 0.1) is 12.8 Å². The normalized spacial score (nSPS) is 16.3. The van der Waals surface area contributed by atoms with Gasteiger partial charge in [-0.25, -0.2) is 18.2 Å². The Kier molecular flexibility index (Phi) is 5.18. The van der Waals surface area contributed by atoms with Gasteiger partial charge in [-0.2, -0.15) is 4.31 Å². The summed E-state index contributed by atoms with van der Waals surface area (Å²) in [5, 5.41) is 0. The van der Waals surface area contributed by atoms with Crippen LogP contribution in [0.25, 0.3) is 11.2 Å². The first-order chi connectivity index (χ1) is 13.9. The number of H-pyrrole nitrogens is 1. The number of hydrogen-bond acceptors (Lipinski definition) is 5. The molecule has 3 heterocycles. The van der Waals surface area contributed by atoms with E-state index >= 15 is 0 Å². The number of ether oxygens (including phenoxy) is 1. The smallest absolute Gasteiger partial charge is 0.327 e. The first-order valence-electron chi connectivity index (χ1n) is 9.58. The van der Waals surface area contributed by atoms with Crippen LogP contribution >= 0.6 is 0 Å². The molecule has 9 heteroatoms. The Morgan fingerprint density at radius 3 is 2.72 bits per heavy atom. The first kappa shape index (κ1) is 19.7. The lowest BCUT2D eigenvalue weighted by Gasteiger charge is -2.31. The highest BCUT2D eigenvalue weighted by Crippen LogP contribution is 2.31. The van der Waals surface area contributed by atoms with Crippen LogP contribution in [0.1, 0.15) is 18.4 Å². The van der Waals surface area contributed by atoms with E-state index < -0.39 is 10.0 Å². The summed E-state index contributed by atoms with van der Waals surface area (Å²) in [7, 11) is -2.16. The van der Waals surface area contributed by atoms with Crippen molar-refractivity contribution in [2.45, 2.75) is 31.2 Å². The second-order valence-electron chi connectivity index (χ2n) is 7.42. The first-order valence-corrected chi connectivity index (χ1v) is 11.0. The summed E-state index contributed by atoms with van der Waals surface area (Å²) >= 11 is 0. The molecule has 0 spiro atoms. The van der Waals surface area contributed by atoms with Gasteiger partial charge < -0.3 is 9.72 Å². The molecule has 3 aromatic rings. The van der Waals surface area contributed by atoms with E-state index in [0.717, 1.165) is 5.56 Å². The summed E-state index contributed by atoms with van der Waals surface area (Å²) in [6.45, 7) is 3.21. The second kappa shape index (κ2) is 7.64. The zero-order valence-electron chi connectivity index (χ0n) is 16.5. The van der Waals surface area contributed by atoms with E-state index in [-0.39, 0.29) is 16.5 Å². The Labute approximate surface area is 169 Å². The standard InChI is InChI=1S/C20H24N4O4S/c1-14-5-6-17(28-2)18(12-14)29(26,27)23-10-7-15(8-11-23)13-24-19-16(22-20(24)25)4-3-9-21-19/h3-6,9,12,15H,7-8,10-11,13H2,1-2H3,(H,22,25). The number of imidazole rings is 1. The van der Waals surface area contributed by atoms with Crippen molar-refractivity contribution in [3.63, 3.8) is 0 Å². The van der Waals surface area contributed by atoms with Crippen LogP contribution in [0.15, 0.2) is 46.2 Å². The van der Waals surface area contributed by atoms with Crippen LogP contribution in [0.2, 0.25) is 0 Å². The van der Waals surface area contributed by atoms with Gasteiger partial charge in [0.2, 0.25) is 10.0 Å². The molecular formula is C20H24N4O4S. The quantitative estimate of drug-likeness (QED) is 0.687. The summed E-state index contributed by atoms with van der Waals surface area (Å²) in [5.41, 5.74) is 2.03. The van der Waals surface area contributed by atoms with Crippen LogP contribution < -0.4 is 10.4 Å². The average molecular weight is 417 g/mol. The molecule has 0 radical (unpaired) electrons. The SMILES string of the molecule is COc1ccc(C)cc1S(=O)(=O)N1CCC(Cn2c(=O)[nH]c3cccnc32)CC1. The zero-order chi connectivity index (χ0) is 20.6. The summed E-state index contributed by atoms with van der Waals surface area (Å²) < 4.78 is 34.7. The third kappa shape index (κ3) is 3.67. The number of aryl methyl sites for hydroxylation is 1. The maximum atomic E-state index is 13.1. The highest BCUT2D eigenvalue weighted by molar-refractivity contribution is 7.89. The predicted octanol–water partition coefficient (Wildman–Crippen LogP) is 2.14. The van der Waals surface area contributed by atoms with Crippen molar-refractivity contribution in [1.82, 2.24) is 18.8 Å². The lowest BCUT2D eigenvalue weighted by molar-refractivity contribution is 0.252. The number of aromatic nitrogens is 3. The lowest BCUT2D eigenvalue weighted by atomic mass is 9.98. The maximum absolute atomic E-state index is 13.1. The molecule has 1 aliphatic rings. The second-order valence-corrected chi connectivity index (χ2v) is 9.32. The van der Waals surface area contributed by atoms with Gasteiger partial charge in [0.1, 0.15) is 10.6 Å². The van der Waals surface area contributed by atoms with E-state index in [1.54, 1.807) is 29.0 Å². The number of fused-ring (bicyclic) bond motifs is 1. The molecule has 8 nitrogen and oxygen atoms in total.